The lowest BCUT2D eigenvalue weighted by Gasteiger charge is -2.26. The molecule has 0 spiro atoms. The summed E-state index contributed by atoms with van der Waals surface area (Å²) < 4.78 is 0. The molecule has 0 saturated heterocycles. The van der Waals surface area contributed by atoms with Gasteiger partial charge in [0.15, 0.2) is 0 Å². The van der Waals surface area contributed by atoms with Crippen molar-refractivity contribution in [1.29, 1.82) is 0 Å². The van der Waals surface area contributed by atoms with Gasteiger partial charge in [-0.1, -0.05) is 97.1 Å². The number of anilines is 6. The Kier molecular flexibility index (Phi) is 7.29. The second-order valence-corrected chi connectivity index (χ2v) is 13.2. The summed E-state index contributed by atoms with van der Waals surface area (Å²) in [6, 6.07) is 65.9. The highest BCUT2D eigenvalue weighted by molar-refractivity contribution is 6.19. The monoisotopic (exact) mass is 640 g/mol. The molecule has 2 heteroatoms. The molecular weight excluding hydrogens is 605 g/mol. The van der Waals surface area contributed by atoms with Crippen LogP contribution in [-0.2, 0) is 0 Å². The normalized spacial score (nSPS) is 11.4. The van der Waals surface area contributed by atoms with E-state index in [1.165, 1.54) is 54.2 Å². The molecule has 0 atom stereocenters. The van der Waals surface area contributed by atoms with E-state index in [-0.39, 0.29) is 0 Å². The third kappa shape index (κ3) is 5.14. The Bertz CT molecular complexity index is 2380. The smallest absolute Gasteiger partial charge is 0.0470 e. The van der Waals surface area contributed by atoms with Crippen molar-refractivity contribution >= 4 is 77.2 Å². The molecule has 0 saturated carbocycles. The molecule has 50 heavy (non-hydrogen) atoms. The molecular formula is C48H36N2. The van der Waals surface area contributed by atoms with E-state index in [0.717, 1.165) is 34.1 Å². The summed E-state index contributed by atoms with van der Waals surface area (Å²) in [7, 11) is 0. The maximum atomic E-state index is 2.40. The molecule has 9 rings (SSSR count). The van der Waals surface area contributed by atoms with Crippen LogP contribution in [0.4, 0.5) is 34.1 Å². The van der Waals surface area contributed by atoms with Crippen molar-refractivity contribution in [2.75, 3.05) is 9.80 Å². The first-order chi connectivity index (χ1) is 24.6. The van der Waals surface area contributed by atoms with Crippen LogP contribution in [0.5, 0.6) is 0 Å². The molecule has 0 N–H and O–H groups in total. The zero-order chi connectivity index (χ0) is 33.6. The Morgan fingerprint density at radius 2 is 0.580 bits per heavy atom. The molecule has 0 aliphatic carbocycles. The molecule has 0 aliphatic rings. The molecule has 0 radical (unpaired) electrons. The van der Waals surface area contributed by atoms with Crippen molar-refractivity contribution < 1.29 is 0 Å². The SMILES string of the molecule is Cc1cc(N(c2ccccc2)c2ccccc2)cc2ccc3cc4c(ccc5cc(N(c6ccccc6)c6ccccc6)cc(C)c54)cc3c12. The van der Waals surface area contributed by atoms with Gasteiger partial charge in [0.05, 0.1) is 0 Å². The van der Waals surface area contributed by atoms with Gasteiger partial charge in [-0.05, 0) is 153 Å². The number of para-hydroxylation sites is 4. The third-order valence-corrected chi connectivity index (χ3v) is 9.92. The highest BCUT2D eigenvalue weighted by Gasteiger charge is 2.17. The molecule has 0 unspecified atom stereocenters. The van der Waals surface area contributed by atoms with Gasteiger partial charge >= 0.3 is 0 Å². The minimum atomic E-state index is 1.14. The average molecular weight is 641 g/mol. The lowest BCUT2D eigenvalue weighted by Crippen LogP contribution is -2.10. The van der Waals surface area contributed by atoms with Gasteiger partial charge in [-0.3, -0.25) is 0 Å². The molecule has 0 aromatic heterocycles. The van der Waals surface area contributed by atoms with Crippen molar-refractivity contribution in [3.05, 3.63) is 193 Å². The van der Waals surface area contributed by atoms with Gasteiger partial charge < -0.3 is 9.80 Å². The number of nitrogens with zero attached hydrogens (tertiary/aromatic N) is 2. The van der Waals surface area contributed by atoms with Crippen molar-refractivity contribution in [3.63, 3.8) is 0 Å². The number of benzene rings is 9. The third-order valence-electron chi connectivity index (χ3n) is 9.92. The Labute approximate surface area is 293 Å². The van der Waals surface area contributed by atoms with E-state index < -0.39 is 0 Å². The molecule has 238 valence electrons. The second kappa shape index (κ2) is 12.3. The van der Waals surface area contributed by atoms with Crippen LogP contribution in [0.2, 0.25) is 0 Å². The van der Waals surface area contributed by atoms with Crippen LogP contribution < -0.4 is 9.80 Å². The van der Waals surface area contributed by atoms with Crippen LogP contribution >= 0.6 is 0 Å². The fourth-order valence-corrected chi connectivity index (χ4v) is 7.75. The number of hydrogen-bond donors (Lipinski definition) is 0. The van der Waals surface area contributed by atoms with Gasteiger partial charge in [-0.25, -0.2) is 0 Å². The first kappa shape index (κ1) is 29.7. The lowest BCUT2D eigenvalue weighted by molar-refractivity contribution is 1.28. The maximum absolute atomic E-state index is 2.40. The minimum absolute atomic E-state index is 1.14. The molecule has 0 amide bonds. The van der Waals surface area contributed by atoms with Crippen LogP contribution in [0.25, 0.3) is 43.1 Å². The molecule has 9 aromatic rings. The van der Waals surface area contributed by atoms with E-state index >= 15 is 0 Å². The summed E-state index contributed by atoms with van der Waals surface area (Å²) >= 11 is 0. The molecule has 0 fully saturated rings. The zero-order valence-corrected chi connectivity index (χ0v) is 28.2. The van der Waals surface area contributed by atoms with Crippen LogP contribution in [0.3, 0.4) is 0 Å². The van der Waals surface area contributed by atoms with Gasteiger partial charge in [0, 0.05) is 34.1 Å². The lowest BCUT2D eigenvalue weighted by atomic mass is 9.92. The summed E-state index contributed by atoms with van der Waals surface area (Å²) in [4.78, 5) is 4.69. The van der Waals surface area contributed by atoms with E-state index in [9.17, 15) is 0 Å². The Balaban J connectivity index is 1.19. The predicted molar refractivity (Wildman–Crippen MR) is 215 cm³/mol. The number of aryl methyl sites for hydroxylation is 2. The Hall–Kier alpha value is -6.38. The molecule has 0 bridgehead atoms. The number of rotatable bonds is 6. The van der Waals surface area contributed by atoms with Gasteiger partial charge in [0.1, 0.15) is 0 Å². The molecule has 9 aromatic carbocycles. The fourth-order valence-electron chi connectivity index (χ4n) is 7.75. The average Bonchev–Trinajstić information content (AvgIpc) is 3.16. The standard InChI is InChI=1S/C48H36N2/c1-33-27-43(49(39-15-7-3-8-16-39)40-17-9-4-10-18-40)29-37-25-23-35-32-46-36(31-45(35)47(33)37)24-26-38-30-44(28-34(2)48(38)46)50(41-19-11-5-12-20-41)42-21-13-6-14-22-42/h3-32H,1-2H3. The molecule has 0 heterocycles. The predicted octanol–water partition coefficient (Wildman–Crippen LogP) is 13.9. The highest BCUT2D eigenvalue weighted by Crippen LogP contribution is 2.42. The quantitative estimate of drug-likeness (QED) is 0.132. The fraction of sp³-hybridized carbons (Fsp3) is 0.0417. The van der Waals surface area contributed by atoms with Gasteiger partial charge in [0.25, 0.3) is 0 Å². The summed E-state index contributed by atoms with van der Waals surface area (Å²) in [6.45, 7) is 4.50. The van der Waals surface area contributed by atoms with E-state index in [1.54, 1.807) is 0 Å². The van der Waals surface area contributed by atoms with Gasteiger partial charge in [0.2, 0.25) is 0 Å². The van der Waals surface area contributed by atoms with Crippen LogP contribution in [-0.4, -0.2) is 0 Å². The maximum Gasteiger partial charge on any atom is 0.0470 e. The van der Waals surface area contributed by atoms with Crippen LogP contribution in [0.15, 0.2) is 182 Å². The largest absolute Gasteiger partial charge is 0.310 e. The van der Waals surface area contributed by atoms with Crippen molar-refractivity contribution in [1.82, 2.24) is 0 Å². The van der Waals surface area contributed by atoms with E-state index in [4.69, 9.17) is 0 Å². The molecule has 0 aliphatic heterocycles. The summed E-state index contributed by atoms with van der Waals surface area (Å²) in [5.74, 6) is 0. The first-order valence-electron chi connectivity index (χ1n) is 17.3. The van der Waals surface area contributed by atoms with Crippen LogP contribution in [0, 0.1) is 13.8 Å². The zero-order valence-electron chi connectivity index (χ0n) is 28.2. The van der Waals surface area contributed by atoms with Gasteiger partial charge in [-0.15, -0.1) is 0 Å². The first-order valence-corrected chi connectivity index (χ1v) is 17.3. The Morgan fingerprint density at radius 3 is 0.900 bits per heavy atom. The minimum Gasteiger partial charge on any atom is -0.310 e. The van der Waals surface area contributed by atoms with Crippen molar-refractivity contribution in [2.24, 2.45) is 0 Å². The number of fused-ring (bicyclic) bond motifs is 6. The second-order valence-electron chi connectivity index (χ2n) is 13.2. The summed E-state index contributed by atoms with van der Waals surface area (Å²) in [5.41, 5.74) is 9.42. The van der Waals surface area contributed by atoms with E-state index in [2.05, 4.69) is 206 Å². The van der Waals surface area contributed by atoms with Crippen molar-refractivity contribution in [2.45, 2.75) is 13.8 Å². The highest BCUT2D eigenvalue weighted by atomic mass is 15.1. The number of hydrogen-bond acceptors (Lipinski definition) is 2. The topological polar surface area (TPSA) is 6.48 Å². The summed E-state index contributed by atoms with van der Waals surface area (Å²) in [6.07, 6.45) is 0. The van der Waals surface area contributed by atoms with E-state index in [1.807, 2.05) is 0 Å². The Morgan fingerprint density at radius 1 is 0.280 bits per heavy atom. The van der Waals surface area contributed by atoms with Crippen LogP contribution in [0.1, 0.15) is 11.1 Å². The van der Waals surface area contributed by atoms with Gasteiger partial charge in [-0.2, -0.15) is 0 Å². The summed E-state index contributed by atoms with van der Waals surface area (Å²) in [5, 5.41) is 10.2. The van der Waals surface area contributed by atoms with E-state index in [0.29, 0.717) is 0 Å². The molecule has 2 nitrogen and oxygen atoms in total. The van der Waals surface area contributed by atoms with Crippen molar-refractivity contribution in [3.8, 4) is 0 Å².